The Hall–Kier alpha value is -3.66. The van der Waals surface area contributed by atoms with Gasteiger partial charge in [-0.25, -0.2) is 0 Å². The second kappa shape index (κ2) is 7.30. The molecule has 4 nitrogen and oxygen atoms in total. The number of ether oxygens (including phenoxy) is 1. The van der Waals surface area contributed by atoms with Gasteiger partial charge in [0.15, 0.2) is 0 Å². The summed E-state index contributed by atoms with van der Waals surface area (Å²) in [4.78, 5) is 16.7. The van der Waals surface area contributed by atoms with Gasteiger partial charge in [-0.3, -0.25) is 9.78 Å². The highest BCUT2D eigenvalue weighted by atomic mass is 16.5. The van der Waals surface area contributed by atoms with Gasteiger partial charge in [0.25, 0.3) is 5.91 Å². The van der Waals surface area contributed by atoms with Gasteiger partial charge in [-0.2, -0.15) is 0 Å². The van der Waals surface area contributed by atoms with E-state index < -0.39 is 0 Å². The van der Waals surface area contributed by atoms with Gasteiger partial charge in [-0.15, -0.1) is 0 Å². The highest BCUT2D eigenvalue weighted by molar-refractivity contribution is 6.13. The maximum absolute atomic E-state index is 12.8. The Labute approximate surface area is 157 Å². The summed E-state index contributed by atoms with van der Waals surface area (Å²) in [5.74, 6) is 1.30. The van der Waals surface area contributed by atoms with Gasteiger partial charge in [0.1, 0.15) is 11.5 Å². The first-order valence-electron chi connectivity index (χ1n) is 8.68. The highest BCUT2D eigenvalue weighted by Crippen LogP contribution is 2.27. The molecule has 1 heterocycles. The highest BCUT2D eigenvalue weighted by Gasteiger charge is 2.11. The summed E-state index contributed by atoms with van der Waals surface area (Å²) in [5, 5.41) is 4.79. The number of aryl methyl sites for hydroxylation is 1. The molecule has 0 aliphatic carbocycles. The molecule has 1 amide bonds. The Kier molecular flexibility index (Phi) is 4.54. The molecule has 0 atom stereocenters. The van der Waals surface area contributed by atoms with Gasteiger partial charge in [0.05, 0.1) is 0 Å². The van der Waals surface area contributed by atoms with Crippen molar-refractivity contribution < 1.29 is 9.53 Å². The van der Waals surface area contributed by atoms with E-state index in [1.165, 1.54) is 0 Å². The molecule has 3 aromatic carbocycles. The Morgan fingerprint density at radius 3 is 2.52 bits per heavy atom. The lowest BCUT2D eigenvalue weighted by Crippen LogP contribution is -2.12. The lowest BCUT2D eigenvalue weighted by molar-refractivity contribution is 0.102. The van der Waals surface area contributed by atoms with Gasteiger partial charge < -0.3 is 10.1 Å². The zero-order chi connectivity index (χ0) is 18.6. The molecule has 1 aromatic heterocycles. The quantitative estimate of drug-likeness (QED) is 0.520. The van der Waals surface area contributed by atoms with Crippen molar-refractivity contribution >= 4 is 22.4 Å². The van der Waals surface area contributed by atoms with Crippen LogP contribution in [0.5, 0.6) is 11.5 Å². The van der Waals surface area contributed by atoms with Crippen LogP contribution in [0.3, 0.4) is 0 Å². The summed E-state index contributed by atoms with van der Waals surface area (Å²) in [6.45, 7) is 2.00. The Morgan fingerprint density at radius 2 is 1.70 bits per heavy atom. The first kappa shape index (κ1) is 16.8. The molecule has 0 saturated carbocycles. The van der Waals surface area contributed by atoms with E-state index >= 15 is 0 Å². The zero-order valence-corrected chi connectivity index (χ0v) is 14.8. The molecule has 132 valence electrons. The van der Waals surface area contributed by atoms with Crippen LogP contribution in [0.2, 0.25) is 0 Å². The van der Waals surface area contributed by atoms with E-state index in [1.54, 1.807) is 24.5 Å². The monoisotopic (exact) mass is 354 g/mol. The lowest BCUT2D eigenvalue weighted by Gasteiger charge is -2.10. The molecular weight excluding hydrogens is 336 g/mol. The van der Waals surface area contributed by atoms with Crippen molar-refractivity contribution in [3.63, 3.8) is 0 Å². The van der Waals surface area contributed by atoms with Crippen molar-refractivity contribution in [3.8, 4) is 11.5 Å². The number of carbonyl (C=O) groups excluding carboxylic acids is 1. The average molecular weight is 354 g/mol. The summed E-state index contributed by atoms with van der Waals surface area (Å²) in [6, 6.07) is 22.8. The number of nitrogens with zero attached hydrogens (tertiary/aromatic N) is 1. The average Bonchev–Trinajstić information content (AvgIpc) is 2.68. The predicted molar refractivity (Wildman–Crippen MR) is 107 cm³/mol. The van der Waals surface area contributed by atoms with Crippen LogP contribution in [0, 0.1) is 6.92 Å². The van der Waals surface area contributed by atoms with Crippen LogP contribution in [0.4, 0.5) is 5.69 Å². The minimum Gasteiger partial charge on any atom is -0.457 e. The fourth-order valence-electron chi connectivity index (χ4n) is 2.99. The third-order valence-electron chi connectivity index (χ3n) is 4.26. The van der Waals surface area contributed by atoms with Gasteiger partial charge in [0.2, 0.25) is 0 Å². The summed E-state index contributed by atoms with van der Waals surface area (Å²) in [5.41, 5.74) is 2.52. The molecule has 0 aliphatic rings. The van der Waals surface area contributed by atoms with Crippen molar-refractivity contribution in [1.82, 2.24) is 4.98 Å². The molecular formula is C23H18N2O2. The first-order chi connectivity index (χ1) is 13.2. The van der Waals surface area contributed by atoms with E-state index in [0.717, 1.165) is 27.8 Å². The number of anilines is 1. The van der Waals surface area contributed by atoms with E-state index in [-0.39, 0.29) is 5.91 Å². The maximum atomic E-state index is 12.8. The minimum absolute atomic E-state index is 0.131. The second-order valence-electron chi connectivity index (χ2n) is 6.30. The number of hydrogen-bond acceptors (Lipinski definition) is 3. The van der Waals surface area contributed by atoms with Crippen LogP contribution in [-0.2, 0) is 0 Å². The molecule has 1 N–H and O–H groups in total. The van der Waals surface area contributed by atoms with Gasteiger partial charge in [0, 0.05) is 23.6 Å². The summed E-state index contributed by atoms with van der Waals surface area (Å²) in [7, 11) is 0. The van der Waals surface area contributed by atoms with E-state index in [2.05, 4.69) is 10.3 Å². The molecule has 27 heavy (non-hydrogen) atoms. The summed E-state index contributed by atoms with van der Waals surface area (Å²) >= 11 is 0. The molecule has 0 radical (unpaired) electrons. The number of benzene rings is 3. The van der Waals surface area contributed by atoms with Crippen LogP contribution in [0.15, 0.2) is 85.2 Å². The van der Waals surface area contributed by atoms with Crippen molar-refractivity contribution in [3.05, 3.63) is 96.3 Å². The topological polar surface area (TPSA) is 51.2 Å². The number of fused-ring (bicyclic) bond motifs is 1. The van der Waals surface area contributed by atoms with E-state index in [1.807, 2.05) is 67.6 Å². The summed E-state index contributed by atoms with van der Waals surface area (Å²) < 4.78 is 5.86. The Bertz CT molecular complexity index is 1110. The lowest BCUT2D eigenvalue weighted by atomic mass is 10.0. The number of hydrogen-bond donors (Lipinski definition) is 1. The van der Waals surface area contributed by atoms with Crippen LogP contribution < -0.4 is 10.1 Å². The molecule has 0 aliphatic heterocycles. The normalized spacial score (nSPS) is 10.6. The van der Waals surface area contributed by atoms with E-state index in [9.17, 15) is 4.79 Å². The maximum Gasteiger partial charge on any atom is 0.256 e. The fraction of sp³-hybridized carbons (Fsp3) is 0.0435. The van der Waals surface area contributed by atoms with Crippen molar-refractivity contribution in [2.45, 2.75) is 6.92 Å². The van der Waals surface area contributed by atoms with Gasteiger partial charge in [-0.1, -0.05) is 24.3 Å². The standard InChI is InChI=1S/C23H18N2O2/c1-16-4-2-6-18(14-16)25-23(26)22-7-3-5-17-15-20(8-9-21(17)22)27-19-10-12-24-13-11-19/h2-15H,1H3,(H,25,26). The third kappa shape index (κ3) is 3.80. The summed E-state index contributed by atoms with van der Waals surface area (Å²) in [6.07, 6.45) is 3.37. The van der Waals surface area contributed by atoms with Crippen LogP contribution in [0.25, 0.3) is 10.8 Å². The molecule has 4 rings (SSSR count). The number of pyridine rings is 1. The molecule has 0 spiro atoms. The van der Waals surface area contributed by atoms with Crippen LogP contribution >= 0.6 is 0 Å². The largest absolute Gasteiger partial charge is 0.457 e. The number of rotatable bonds is 4. The van der Waals surface area contributed by atoms with Crippen molar-refractivity contribution in [2.75, 3.05) is 5.32 Å². The Morgan fingerprint density at radius 1 is 0.889 bits per heavy atom. The molecule has 0 fully saturated rings. The van der Waals surface area contributed by atoms with Crippen LogP contribution in [0.1, 0.15) is 15.9 Å². The van der Waals surface area contributed by atoms with Gasteiger partial charge >= 0.3 is 0 Å². The van der Waals surface area contributed by atoms with Crippen molar-refractivity contribution in [2.24, 2.45) is 0 Å². The molecule has 0 saturated heterocycles. The van der Waals surface area contributed by atoms with E-state index in [4.69, 9.17) is 4.74 Å². The first-order valence-corrected chi connectivity index (χ1v) is 8.68. The number of carbonyl (C=O) groups is 1. The molecule has 0 unspecified atom stereocenters. The fourth-order valence-corrected chi connectivity index (χ4v) is 2.99. The number of amides is 1. The zero-order valence-electron chi connectivity index (χ0n) is 14.8. The third-order valence-corrected chi connectivity index (χ3v) is 4.26. The SMILES string of the molecule is Cc1cccc(NC(=O)c2cccc3cc(Oc4ccncc4)ccc23)c1. The Balaban J connectivity index is 1.63. The van der Waals surface area contributed by atoms with Gasteiger partial charge in [-0.05, 0) is 71.8 Å². The molecule has 4 heteroatoms. The second-order valence-corrected chi connectivity index (χ2v) is 6.30. The van der Waals surface area contributed by atoms with E-state index in [0.29, 0.717) is 11.3 Å². The molecule has 4 aromatic rings. The smallest absolute Gasteiger partial charge is 0.256 e. The molecule has 0 bridgehead atoms. The van der Waals surface area contributed by atoms with Crippen molar-refractivity contribution in [1.29, 1.82) is 0 Å². The minimum atomic E-state index is -0.131. The number of nitrogens with one attached hydrogen (secondary N) is 1. The number of aromatic nitrogens is 1. The van der Waals surface area contributed by atoms with Crippen LogP contribution in [-0.4, -0.2) is 10.9 Å². The predicted octanol–water partition coefficient (Wildman–Crippen LogP) is 5.59.